The number of hydrogen-bond donors (Lipinski definition) is 1. The molecule has 0 aliphatic heterocycles. The van der Waals surface area contributed by atoms with Crippen molar-refractivity contribution in [2.24, 2.45) is 0 Å². The van der Waals surface area contributed by atoms with Crippen LogP contribution in [-0.2, 0) is 16.0 Å². The summed E-state index contributed by atoms with van der Waals surface area (Å²) in [6.45, 7) is -0.249. The summed E-state index contributed by atoms with van der Waals surface area (Å²) >= 11 is 0. The molecule has 0 unspecified atom stereocenters. The van der Waals surface area contributed by atoms with E-state index in [1.165, 1.54) is 48.3 Å². The fourth-order valence-corrected chi connectivity index (χ4v) is 2.16. The first-order valence-electron chi connectivity index (χ1n) is 7.76. The molecule has 9 heteroatoms. The van der Waals surface area contributed by atoms with Crippen LogP contribution < -0.4 is 10.1 Å². The maximum Gasteiger partial charge on any atom is 0.573 e. The highest BCUT2D eigenvalue weighted by Crippen LogP contribution is 2.23. The van der Waals surface area contributed by atoms with Crippen LogP contribution in [0.2, 0.25) is 0 Å². The molecule has 0 saturated carbocycles. The van der Waals surface area contributed by atoms with Crippen LogP contribution >= 0.6 is 0 Å². The molecule has 0 radical (unpaired) electrons. The Bertz CT molecular complexity index is 790. The lowest BCUT2D eigenvalue weighted by atomic mass is 10.1. The Morgan fingerprint density at radius 1 is 1.04 bits per heavy atom. The molecule has 2 amide bonds. The van der Waals surface area contributed by atoms with Gasteiger partial charge >= 0.3 is 6.36 Å². The molecule has 0 aliphatic rings. The summed E-state index contributed by atoms with van der Waals surface area (Å²) in [5.74, 6) is -1.68. The third kappa shape index (κ3) is 6.96. The molecule has 2 rings (SSSR count). The normalized spacial score (nSPS) is 11.0. The smallest absolute Gasteiger partial charge is 0.406 e. The van der Waals surface area contributed by atoms with Crippen LogP contribution in [0.25, 0.3) is 0 Å². The Morgan fingerprint density at radius 3 is 2.19 bits per heavy atom. The van der Waals surface area contributed by atoms with Crippen molar-refractivity contribution in [1.82, 2.24) is 4.90 Å². The number of likely N-dealkylation sites (N-methyl/N-ethyl adjacent to an activating group) is 1. The van der Waals surface area contributed by atoms with E-state index in [1.54, 1.807) is 0 Å². The molecular weight excluding hydrogens is 368 g/mol. The quantitative estimate of drug-likeness (QED) is 0.777. The van der Waals surface area contributed by atoms with Gasteiger partial charge < -0.3 is 15.0 Å². The molecular formula is C18H16F4N2O3. The number of alkyl halides is 3. The second-order valence-electron chi connectivity index (χ2n) is 5.67. The van der Waals surface area contributed by atoms with E-state index in [0.29, 0.717) is 5.56 Å². The van der Waals surface area contributed by atoms with Crippen LogP contribution in [0.3, 0.4) is 0 Å². The van der Waals surface area contributed by atoms with Crippen LogP contribution in [0.5, 0.6) is 5.75 Å². The predicted molar refractivity (Wildman–Crippen MR) is 89.5 cm³/mol. The summed E-state index contributed by atoms with van der Waals surface area (Å²) in [6, 6.07) is 10.1. The number of rotatable bonds is 6. The van der Waals surface area contributed by atoms with Crippen molar-refractivity contribution in [3.63, 3.8) is 0 Å². The first kappa shape index (κ1) is 20.2. The summed E-state index contributed by atoms with van der Waals surface area (Å²) in [5, 5.41) is 2.47. The van der Waals surface area contributed by atoms with E-state index in [4.69, 9.17) is 0 Å². The van der Waals surface area contributed by atoms with Gasteiger partial charge in [-0.25, -0.2) is 4.39 Å². The zero-order valence-electron chi connectivity index (χ0n) is 14.2. The van der Waals surface area contributed by atoms with Gasteiger partial charge in [0.05, 0.1) is 13.0 Å². The average Bonchev–Trinajstić information content (AvgIpc) is 2.57. The predicted octanol–water partition coefficient (Wildman–Crippen LogP) is 3.36. The Morgan fingerprint density at radius 2 is 1.63 bits per heavy atom. The van der Waals surface area contributed by atoms with Gasteiger partial charge in [0.15, 0.2) is 0 Å². The van der Waals surface area contributed by atoms with Crippen molar-refractivity contribution in [2.45, 2.75) is 12.8 Å². The highest BCUT2D eigenvalue weighted by Gasteiger charge is 2.30. The fraction of sp³-hybridized carbons (Fsp3) is 0.222. The van der Waals surface area contributed by atoms with Crippen molar-refractivity contribution < 1.29 is 31.9 Å². The van der Waals surface area contributed by atoms with Gasteiger partial charge in [-0.3, -0.25) is 9.59 Å². The largest absolute Gasteiger partial charge is 0.573 e. The minimum Gasteiger partial charge on any atom is -0.406 e. The van der Waals surface area contributed by atoms with Crippen molar-refractivity contribution in [3.8, 4) is 5.75 Å². The molecule has 0 spiro atoms. The van der Waals surface area contributed by atoms with E-state index in [9.17, 15) is 27.2 Å². The second kappa shape index (κ2) is 8.52. The third-order valence-corrected chi connectivity index (χ3v) is 3.45. The third-order valence-electron chi connectivity index (χ3n) is 3.45. The zero-order chi connectivity index (χ0) is 20.0. The molecule has 2 aromatic rings. The van der Waals surface area contributed by atoms with Gasteiger partial charge in [-0.05, 0) is 42.0 Å². The number of carbonyl (C=O) groups excluding carboxylic acids is 2. The van der Waals surface area contributed by atoms with E-state index in [0.717, 1.165) is 12.1 Å². The van der Waals surface area contributed by atoms with E-state index in [-0.39, 0.29) is 24.6 Å². The number of halogens is 4. The summed E-state index contributed by atoms with van der Waals surface area (Å²) in [7, 11) is 1.44. The number of carbonyl (C=O) groups is 2. The maximum atomic E-state index is 12.9. The minimum absolute atomic E-state index is 0.00748. The van der Waals surface area contributed by atoms with Crippen LogP contribution in [0.1, 0.15) is 5.56 Å². The lowest BCUT2D eigenvalue weighted by Gasteiger charge is -2.17. The van der Waals surface area contributed by atoms with E-state index in [2.05, 4.69) is 10.1 Å². The van der Waals surface area contributed by atoms with Crippen LogP contribution in [-0.4, -0.2) is 36.7 Å². The van der Waals surface area contributed by atoms with E-state index >= 15 is 0 Å². The summed E-state index contributed by atoms with van der Waals surface area (Å²) < 4.78 is 52.9. The standard InChI is InChI=1S/C18H16F4N2O3/c1-24(17(26)10-12-2-4-13(19)5-3-12)11-16(25)23-14-6-8-15(9-7-14)27-18(20,21)22/h2-9H,10-11H2,1H3,(H,23,25). The van der Waals surface area contributed by atoms with Crippen LogP contribution in [0.15, 0.2) is 48.5 Å². The monoisotopic (exact) mass is 384 g/mol. The van der Waals surface area contributed by atoms with Crippen LogP contribution in [0, 0.1) is 5.82 Å². The van der Waals surface area contributed by atoms with Gasteiger partial charge in [-0.2, -0.15) is 0 Å². The van der Waals surface area contributed by atoms with Crippen molar-refractivity contribution in [3.05, 3.63) is 59.9 Å². The highest BCUT2D eigenvalue weighted by atomic mass is 19.4. The number of hydrogen-bond acceptors (Lipinski definition) is 3. The Kier molecular flexibility index (Phi) is 6.38. The molecule has 0 saturated heterocycles. The van der Waals surface area contributed by atoms with Gasteiger partial charge in [0.1, 0.15) is 11.6 Å². The number of ether oxygens (including phenoxy) is 1. The van der Waals surface area contributed by atoms with Gasteiger partial charge in [0, 0.05) is 12.7 Å². The molecule has 0 atom stereocenters. The molecule has 5 nitrogen and oxygen atoms in total. The molecule has 1 N–H and O–H groups in total. The SMILES string of the molecule is CN(CC(=O)Nc1ccc(OC(F)(F)F)cc1)C(=O)Cc1ccc(F)cc1. The number of nitrogens with one attached hydrogen (secondary N) is 1. The van der Waals surface area contributed by atoms with Crippen molar-refractivity contribution in [1.29, 1.82) is 0 Å². The number of anilines is 1. The molecule has 0 aromatic heterocycles. The lowest BCUT2D eigenvalue weighted by molar-refractivity contribution is -0.274. The lowest BCUT2D eigenvalue weighted by Crippen LogP contribution is -2.35. The van der Waals surface area contributed by atoms with Crippen molar-refractivity contribution >= 4 is 17.5 Å². The first-order valence-corrected chi connectivity index (χ1v) is 7.76. The second-order valence-corrected chi connectivity index (χ2v) is 5.67. The first-order chi connectivity index (χ1) is 12.6. The zero-order valence-corrected chi connectivity index (χ0v) is 14.2. The van der Waals surface area contributed by atoms with Crippen LogP contribution in [0.4, 0.5) is 23.2 Å². The molecule has 144 valence electrons. The van der Waals surface area contributed by atoms with E-state index in [1.807, 2.05) is 0 Å². The molecule has 0 heterocycles. The maximum absolute atomic E-state index is 12.9. The van der Waals surface area contributed by atoms with Gasteiger partial charge in [-0.15, -0.1) is 13.2 Å². The highest BCUT2D eigenvalue weighted by molar-refractivity contribution is 5.94. The molecule has 27 heavy (non-hydrogen) atoms. The molecule has 0 aliphatic carbocycles. The summed E-state index contributed by atoms with van der Waals surface area (Å²) in [5.41, 5.74) is 0.864. The molecule has 0 fully saturated rings. The fourth-order valence-electron chi connectivity index (χ4n) is 2.16. The average molecular weight is 384 g/mol. The van der Waals surface area contributed by atoms with E-state index < -0.39 is 23.8 Å². The molecule has 2 aromatic carbocycles. The Labute approximate surface area is 152 Å². The van der Waals surface area contributed by atoms with Gasteiger partial charge in [0.2, 0.25) is 11.8 Å². The molecule has 0 bridgehead atoms. The Balaban J connectivity index is 1.85. The minimum atomic E-state index is -4.79. The Hall–Kier alpha value is -3.10. The van der Waals surface area contributed by atoms with Gasteiger partial charge in [-0.1, -0.05) is 12.1 Å². The summed E-state index contributed by atoms with van der Waals surface area (Å²) in [4.78, 5) is 25.3. The number of benzene rings is 2. The van der Waals surface area contributed by atoms with Gasteiger partial charge in [0.25, 0.3) is 0 Å². The summed E-state index contributed by atoms with van der Waals surface area (Å²) in [6.07, 6.45) is -4.79. The number of nitrogens with zero attached hydrogens (tertiary/aromatic N) is 1. The number of amides is 2. The van der Waals surface area contributed by atoms with Crippen molar-refractivity contribution in [2.75, 3.05) is 18.9 Å². The topological polar surface area (TPSA) is 58.6 Å².